The molecule has 3 aromatic carbocycles. The maximum absolute atomic E-state index is 12.9. The van der Waals surface area contributed by atoms with Crippen LogP contribution in [0.5, 0.6) is 17.2 Å². The van der Waals surface area contributed by atoms with Gasteiger partial charge in [0.2, 0.25) is 11.7 Å². The van der Waals surface area contributed by atoms with E-state index >= 15 is 0 Å². The van der Waals surface area contributed by atoms with Gasteiger partial charge in [0.05, 0.1) is 27.1 Å². The number of hydrogen-bond donors (Lipinski definition) is 1. The Bertz CT molecular complexity index is 1390. The van der Waals surface area contributed by atoms with Gasteiger partial charge in [-0.2, -0.15) is 0 Å². The zero-order chi connectivity index (χ0) is 27.2. The minimum absolute atomic E-state index is 0.00949. The number of carbonyl (C=O) groups excluding carboxylic acids is 1. The Labute approximate surface area is 232 Å². The van der Waals surface area contributed by atoms with Crippen LogP contribution in [0.15, 0.2) is 71.9 Å². The molecule has 0 spiro atoms. The zero-order valence-corrected chi connectivity index (χ0v) is 23.2. The van der Waals surface area contributed by atoms with Crippen molar-refractivity contribution in [3.63, 3.8) is 0 Å². The summed E-state index contributed by atoms with van der Waals surface area (Å²) in [5.74, 6) is 2.50. The lowest BCUT2D eigenvalue weighted by molar-refractivity contribution is -0.119. The van der Waals surface area contributed by atoms with E-state index in [-0.39, 0.29) is 17.7 Å². The predicted molar refractivity (Wildman–Crippen MR) is 152 cm³/mol. The van der Waals surface area contributed by atoms with E-state index in [0.29, 0.717) is 34.8 Å². The maximum atomic E-state index is 12.9. The lowest BCUT2D eigenvalue weighted by Gasteiger charge is -2.15. The van der Waals surface area contributed by atoms with Crippen LogP contribution in [-0.4, -0.2) is 53.8 Å². The van der Waals surface area contributed by atoms with E-state index in [0.717, 1.165) is 24.8 Å². The fraction of sp³-hybridized carbons (Fsp3) is 0.300. The van der Waals surface area contributed by atoms with Crippen molar-refractivity contribution in [2.75, 3.05) is 27.1 Å². The van der Waals surface area contributed by atoms with Crippen LogP contribution in [0.1, 0.15) is 16.7 Å². The van der Waals surface area contributed by atoms with Crippen molar-refractivity contribution >= 4 is 17.7 Å². The molecule has 5 rings (SSSR count). The van der Waals surface area contributed by atoms with Crippen molar-refractivity contribution in [2.24, 2.45) is 0 Å². The Kier molecular flexibility index (Phi) is 8.36. The quantitative estimate of drug-likeness (QED) is 0.276. The number of hydrogen-bond acceptors (Lipinski definition) is 7. The molecule has 0 fully saturated rings. The van der Waals surface area contributed by atoms with E-state index in [1.165, 1.54) is 28.5 Å². The SMILES string of the molecule is COc1cc(-c2nnc(SCC(=O)NC3Cc4ccccc4C3)n2CCc2ccccc2)cc(OC)c1OC. The van der Waals surface area contributed by atoms with E-state index in [1.54, 1.807) is 21.3 Å². The van der Waals surface area contributed by atoms with Gasteiger partial charge in [-0.3, -0.25) is 4.79 Å². The number of aromatic nitrogens is 3. The summed E-state index contributed by atoms with van der Waals surface area (Å²) >= 11 is 1.39. The topological polar surface area (TPSA) is 87.5 Å². The second kappa shape index (κ2) is 12.3. The third kappa shape index (κ3) is 6.04. The minimum Gasteiger partial charge on any atom is -0.493 e. The number of rotatable bonds is 11. The number of fused-ring (bicyclic) bond motifs is 1. The number of methoxy groups -OCH3 is 3. The molecule has 1 N–H and O–H groups in total. The van der Waals surface area contributed by atoms with Gasteiger partial charge in [-0.15, -0.1) is 10.2 Å². The molecule has 0 bridgehead atoms. The van der Waals surface area contributed by atoms with Crippen LogP contribution in [0.25, 0.3) is 11.4 Å². The summed E-state index contributed by atoms with van der Waals surface area (Å²) in [5.41, 5.74) is 4.61. The van der Waals surface area contributed by atoms with Crippen LogP contribution in [0.4, 0.5) is 0 Å². The first-order chi connectivity index (χ1) is 19.1. The van der Waals surface area contributed by atoms with Crippen molar-refractivity contribution in [2.45, 2.75) is 37.0 Å². The average molecular weight is 545 g/mol. The number of nitrogens with one attached hydrogen (secondary N) is 1. The van der Waals surface area contributed by atoms with Crippen LogP contribution in [0, 0.1) is 0 Å². The molecule has 0 radical (unpaired) electrons. The Hall–Kier alpha value is -3.98. The van der Waals surface area contributed by atoms with Crippen LogP contribution in [0.3, 0.4) is 0 Å². The van der Waals surface area contributed by atoms with Gasteiger partial charge in [0.15, 0.2) is 22.5 Å². The standard InChI is InChI=1S/C30H32N4O4S/c1-36-25-17-23(18-26(37-2)28(25)38-3)29-32-33-30(34(29)14-13-20-9-5-4-6-10-20)39-19-27(35)31-24-15-21-11-7-8-12-22(21)16-24/h4-12,17-18,24H,13-16,19H2,1-3H3,(H,31,35). The van der Waals surface area contributed by atoms with Gasteiger partial charge in [0.1, 0.15) is 0 Å². The number of carbonyl (C=O) groups is 1. The summed E-state index contributed by atoms with van der Waals surface area (Å²) in [6.45, 7) is 0.644. The first-order valence-corrected chi connectivity index (χ1v) is 13.8. The molecule has 0 saturated heterocycles. The van der Waals surface area contributed by atoms with Crippen molar-refractivity contribution in [1.82, 2.24) is 20.1 Å². The highest BCUT2D eigenvalue weighted by molar-refractivity contribution is 7.99. The fourth-order valence-electron chi connectivity index (χ4n) is 4.97. The highest BCUT2D eigenvalue weighted by atomic mass is 32.2. The average Bonchev–Trinajstić information content (AvgIpc) is 3.57. The van der Waals surface area contributed by atoms with E-state index in [1.807, 2.05) is 42.5 Å². The van der Waals surface area contributed by atoms with Crippen molar-refractivity contribution in [3.8, 4) is 28.6 Å². The molecule has 0 aliphatic heterocycles. The summed E-state index contributed by atoms with van der Waals surface area (Å²) in [5, 5.41) is 12.9. The van der Waals surface area contributed by atoms with Crippen molar-refractivity contribution < 1.29 is 19.0 Å². The number of ether oxygens (including phenoxy) is 3. The Morgan fingerprint density at radius 1 is 0.923 bits per heavy atom. The van der Waals surface area contributed by atoms with Gasteiger partial charge in [0, 0.05) is 18.2 Å². The van der Waals surface area contributed by atoms with Gasteiger partial charge < -0.3 is 24.1 Å². The van der Waals surface area contributed by atoms with E-state index in [2.05, 4.69) is 44.3 Å². The van der Waals surface area contributed by atoms with Gasteiger partial charge in [-0.05, 0) is 48.1 Å². The maximum Gasteiger partial charge on any atom is 0.230 e. The smallest absolute Gasteiger partial charge is 0.230 e. The number of aryl methyl sites for hydroxylation is 1. The van der Waals surface area contributed by atoms with Crippen molar-refractivity contribution in [3.05, 3.63) is 83.4 Å². The molecule has 202 valence electrons. The highest BCUT2D eigenvalue weighted by Gasteiger charge is 2.24. The summed E-state index contributed by atoms with van der Waals surface area (Å²) < 4.78 is 18.7. The molecule has 1 heterocycles. The number of thioether (sulfide) groups is 1. The molecule has 8 nitrogen and oxygen atoms in total. The van der Waals surface area contributed by atoms with Crippen LogP contribution >= 0.6 is 11.8 Å². The lowest BCUT2D eigenvalue weighted by atomic mass is 10.1. The second-order valence-corrected chi connectivity index (χ2v) is 10.3. The monoisotopic (exact) mass is 544 g/mol. The van der Waals surface area contributed by atoms with Crippen LogP contribution < -0.4 is 19.5 Å². The largest absolute Gasteiger partial charge is 0.493 e. The third-order valence-corrected chi connectivity index (χ3v) is 7.82. The van der Waals surface area contributed by atoms with Gasteiger partial charge in [0.25, 0.3) is 0 Å². The predicted octanol–water partition coefficient (Wildman–Crippen LogP) is 4.59. The molecule has 0 unspecified atom stereocenters. The van der Waals surface area contributed by atoms with Gasteiger partial charge in [-0.25, -0.2) is 0 Å². The first-order valence-electron chi connectivity index (χ1n) is 12.9. The Morgan fingerprint density at radius 3 is 2.18 bits per heavy atom. The first kappa shape index (κ1) is 26.6. The molecule has 1 aliphatic rings. The zero-order valence-electron chi connectivity index (χ0n) is 22.3. The number of amides is 1. The van der Waals surface area contributed by atoms with Crippen molar-refractivity contribution in [1.29, 1.82) is 0 Å². The minimum atomic E-state index is -0.00949. The Balaban J connectivity index is 1.36. The molecule has 1 aromatic heterocycles. The molecular formula is C30H32N4O4S. The molecule has 39 heavy (non-hydrogen) atoms. The molecule has 0 atom stereocenters. The molecule has 1 amide bonds. The second-order valence-electron chi connectivity index (χ2n) is 9.34. The van der Waals surface area contributed by atoms with E-state index < -0.39 is 0 Å². The highest BCUT2D eigenvalue weighted by Crippen LogP contribution is 2.41. The Morgan fingerprint density at radius 2 is 1.56 bits per heavy atom. The summed E-state index contributed by atoms with van der Waals surface area (Å²) in [7, 11) is 4.75. The lowest BCUT2D eigenvalue weighted by Crippen LogP contribution is -2.36. The number of benzene rings is 3. The van der Waals surface area contributed by atoms with E-state index in [9.17, 15) is 4.79 Å². The van der Waals surface area contributed by atoms with E-state index in [4.69, 9.17) is 14.2 Å². The molecule has 9 heteroatoms. The molecule has 1 aliphatic carbocycles. The summed E-state index contributed by atoms with van der Waals surface area (Å²) in [4.78, 5) is 12.9. The number of nitrogens with zero attached hydrogens (tertiary/aromatic N) is 3. The third-order valence-electron chi connectivity index (χ3n) is 6.86. The molecule has 0 saturated carbocycles. The normalized spacial score (nSPS) is 12.7. The fourth-order valence-corrected chi connectivity index (χ4v) is 5.74. The molecule has 4 aromatic rings. The summed E-state index contributed by atoms with van der Waals surface area (Å²) in [6.07, 6.45) is 2.52. The van der Waals surface area contributed by atoms with Gasteiger partial charge in [-0.1, -0.05) is 66.4 Å². The van der Waals surface area contributed by atoms with Gasteiger partial charge >= 0.3 is 0 Å². The van der Waals surface area contributed by atoms with Crippen LogP contribution in [-0.2, 0) is 30.6 Å². The summed E-state index contributed by atoms with van der Waals surface area (Å²) in [6, 6.07) is 22.5. The molecular weight excluding hydrogens is 512 g/mol. The van der Waals surface area contributed by atoms with Crippen LogP contribution in [0.2, 0.25) is 0 Å².